The first-order chi connectivity index (χ1) is 15.7. The van der Waals surface area contributed by atoms with Crippen molar-refractivity contribution >= 4 is 40.5 Å². The predicted octanol–water partition coefficient (Wildman–Crippen LogP) is 4.53. The third kappa shape index (κ3) is 5.27. The molecule has 0 unspecified atom stereocenters. The largest absolute Gasteiger partial charge is 0.493 e. The monoisotopic (exact) mass is 469 g/mol. The van der Waals surface area contributed by atoms with E-state index in [-0.39, 0.29) is 12.3 Å². The van der Waals surface area contributed by atoms with Crippen molar-refractivity contribution in [1.29, 1.82) is 0 Å². The minimum absolute atomic E-state index is 0.141. The van der Waals surface area contributed by atoms with Gasteiger partial charge in [-0.2, -0.15) is 9.67 Å². The predicted molar refractivity (Wildman–Crippen MR) is 127 cm³/mol. The standard InChI is InChI=1S/C22H23N5O3S2/c1-29-18-8-7-15(11-19(18)30-2)12-20(28)27-22(24-14-17-6-4-10-32-17)25-21(26-27)23-13-16-5-3-9-31-16/h3-11H,12-14H2,1-2H3,(H2,23,24,25,26). The Morgan fingerprint density at radius 3 is 2.28 bits per heavy atom. The van der Waals surface area contributed by atoms with E-state index in [0.29, 0.717) is 36.5 Å². The van der Waals surface area contributed by atoms with Crippen molar-refractivity contribution in [2.45, 2.75) is 19.5 Å². The van der Waals surface area contributed by atoms with Crippen LogP contribution in [0.1, 0.15) is 20.1 Å². The van der Waals surface area contributed by atoms with Gasteiger partial charge in [0, 0.05) is 9.75 Å². The molecule has 8 nitrogen and oxygen atoms in total. The summed E-state index contributed by atoms with van der Waals surface area (Å²) < 4.78 is 11.9. The van der Waals surface area contributed by atoms with Crippen molar-refractivity contribution in [3.05, 3.63) is 68.5 Å². The topological polar surface area (TPSA) is 90.3 Å². The fraction of sp³-hybridized carbons (Fsp3) is 0.227. The number of anilines is 2. The molecule has 3 heterocycles. The van der Waals surface area contributed by atoms with Crippen molar-refractivity contribution in [1.82, 2.24) is 14.8 Å². The summed E-state index contributed by atoms with van der Waals surface area (Å²) in [5.74, 6) is 1.78. The molecule has 0 radical (unpaired) electrons. The minimum Gasteiger partial charge on any atom is -0.493 e. The molecule has 0 saturated carbocycles. The van der Waals surface area contributed by atoms with Gasteiger partial charge in [-0.1, -0.05) is 18.2 Å². The van der Waals surface area contributed by atoms with Crippen LogP contribution in [0.15, 0.2) is 53.2 Å². The first-order valence-electron chi connectivity index (χ1n) is 9.90. The average Bonchev–Trinajstić information content (AvgIpc) is 3.58. The van der Waals surface area contributed by atoms with E-state index < -0.39 is 0 Å². The number of aromatic nitrogens is 3. The number of benzene rings is 1. The van der Waals surface area contributed by atoms with Crippen molar-refractivity contribution in [2.24, 2.45) is 0 Å². The third-order valence-corrected chi connectivity index (χ3v) is 6.40. The zero-order chi connectivity index (χ0) is 22.3. The van der Waals surface area contributed by atoms with Gasteiger partial charge in [-0.05, 0) is 40.6 Å². The highest BCUT2D eigenvalue weighted by atomic mass is 32.1. The van der Waals surface area contributed by atoms with Gasteiger partial charge in [0.1, 0.15) is 0 Å². The molecule has 0 bridgehead atoms. The zero-order valence-electron chi connectivity index (χ0n) is 17.7. The highest BCUT2D eigenvalue weighted by Crippen LogP contribution is 2.28. The lowest BCUT2D eigenvalue weighted by molar-refractivity contribution is 0.0901. The number of carbonyl (C=O) groups is 1. The van der Waals surface area contributed by atoms with Crippen LogP contribution in [0.25, 0.3) is 0 Å². The lowest BCUT2D eigenvalue weighted by atomic mass is 10.1. The van der Waals surface area contributed by atoms with E-state index in [0.717, 1.165) is 15.3 Å². The first-order valence-corrected chi connectivity index (χ1v) is 11.7. The normalized spacial score (nSPS) is 10.7. The molecule has 0 aliphatic heterocycles. The molecule has 2 N–H and O–H groups in total. The number of rotatable bonds is 10. The lowest BCUT2D eigenvalue weighted by Gasteiger charge is -2.10. The number of carbonyl (C=O) groups excluding carboxylic acids is 1. The maximum absolute atomic E-state index is 13.1. The van der Waals surface area contributed by atoms with Crippen LogP contribution >= 0.6 is 22.7 Å². The molecule has 0 amide bonds. The van der Waals surface area contributed by atoms with Gasteiger partial charge in [0.25, 0.3) is 5.91 Å². The summed E-state index contributed by atoms with van der Waals surface area (Å²) in [6.07, 6.45) is 0.141. The Labute approximate surface area is 193 Å². The summed E-state index contributed by atoms with van der Waals surface area (Å²) >= 11 is 3.29. The molecule has 0 spiro atoms. The van der Waals surface area contributed by atoms with Gasteiger partial charge in [0.05, 0.1) is 33.7 Å². The smallest absolute Gasteiger partial charge is 0.254 e. The highest BCUT2D eigenvalue weighted by molar-refractivity contribution is 7.10. The van der Waals surface area contributed by atoms with Crippen molar-refractivity contribution in [2.75, 3.05) is 24.9 Å². The molecule has 0 atom stereocenters. The Bertz CT molecular complexity index is 1160. The molecule has 166 valence electrons. The molecule has 0 aliphatic rings. The maximum atomic E-state index is 13.1. The molecule has 0 aliphatic carbocycles. The van der Waals surface area contributed by atoms with Crippen LogP contribution in [0.3, 0.4) is 0 Å². The van der Waals surface area contributed by atoms with Crippen LogP contribution in [-0.4, -0.2) is 34.9 Å². The molecule has 32 heavy (non-hydrogen) atoms. The van der Waals surface area contributed by atoms with E-state index in [1.807, 2.05) is 41.1 Å². The Balaban J connectivity index is 1.53. The second-order valence-electron chi connectivity index (χ2n) is 6.80. The maximum Gasteiger partial charge on any atom is 0.254 e. The van der Waals surface area contributed by atoms with Crippen LogP contribution in [0.2, 0.25) is 0 Å². The number of hydrogen-bond acceptors (Lipinski definition) is 9. The molecule has 0 saturated heterocycles. The molecule has 0 fully saturated rings. The Morgan fingerprint density at radius 2 is 1.66 bits per heavy atom. The van der Waals surface area contributed by atoms with Crippen molar-refractivity contribution < 1.29 is 14.3 Å². The summed E-state index contributed by atoms with van der Waals surface area (Å²) in [6, 6.07) is 13.5. The average molecular weight is 470 g/mol. The Kier molecular flexibility index (Phi) is 7.03. The molecule has 4 rings (SSSR count). The van der Waals surface area contributed by atoms with Gasteiger partial charge in [-0.15, -0.1) is 27.8 Å². The second kappa shape index (κ2) is 10.3. The van der Waals surface area contributed by atoms with Crippen LogP contribution < -0.4 is 20.1 Å². The van der Waals surface area contributed by atoms with Gasteiger partial charge in [-0.25, -0.2) is 0 Å². The zero-order valence-corrected chi connectivity index (χ0v) is 19.3. The molecular weight excluding hydrogens is 446 g/mol. The van der Waals surface area contributed by atoms with Gasteiger partial charge in [-0.3, -0.25) is 4.79 Å². The SMILES string of the molecule is COc1ccc(CC(=O)n2nc(NCc3cccs3)nc2NCc2cccs2)cc1OC. The van der Waals surface area contributed by atoms with Crippen LogP contribution in [0.5, 0.6) is 11.5 Å². The van der Waals surface area contributed by atoms with Crippen LogP contribution in [0.4, 0.5) is 11.9 Å². The first kappa shape index (κ1) is 21.8. The molecular formula is C22H23N5O3S2. The van der Waals surface area contributed by atoms with Gasteiger partial charge in [0.2, 0.25) is 11.9 Å². The van der Waals surface area contributed by atoms with Crippen molar-refractivity contribution in [3.63, 3.8) is 0 Å². The summed E-state index contributed by atoms with van der Waals surface area (Å²) in [6.45, 7) is 1.15. The van der Waals surface area contributed by atoms with E-state index in [9.17, 15) is 4.79 Å². The van der Waals surface area contributed by atoms with E-state index in [1.165, 1.54) is 4.68 Å². The summed E-state index contributed by atoms with van der Waals surface area (Å²) in [5, 5.41) is 14.9. The number of ether oxygens (including phenoxy) is 2. The number of methoxy groups -OCH3 is 2. The summed E-state index contributed by atoms with van der Waals surface area (Å²) in [4.78, 5) is 19.9. The van der Waals surface area contributed by atoms with Gasteiger partial charge >= 0.3 is 0 Å². The molecule has 10 heteroatoms. The van der Waals surface area contributed by atoms with Gasteiger partial charge in [0.15, 0.2) is 11.5 Å². The molecule has 1 aromatic carbocycles. The van der Waals surface area contributed by atoms with E-state index in [1.54, 1.807) is 49.0 Å². The van der Waals surface area contributed by atoms with E-state index in [4.69, 9.17) is 9.47 Å². The third-order valence-electron chi connectivity index (χ3n) is 4.65. The molecule has 4 aromatic rings. The second-order valence-corrected chi connectivity index (χ2v) is 8.86. The van der Waals surface area contributed by atoms with Crippen molar-refractivity contribution in [3.8, 4) is 11.5 Å². The van der Waals surface area contributed by atoms with Crippen LogP contribution in [-0.2, 0) is 19.5 Å². The fourth-order valence-corrected chi connectivity index (χ4v) is 4.36. The lowest BCUT2D eigenvalue weighted by Crippen LogP contribution is -2.18. The Hall–Kier alpha value is -3.37. The number of hydrogen-bond donors (Lipinski definition) is 2. The summed E-state index contributed by atoms with van der Waals surface area (Å²) in [5.41, 5.74) is 0.792. The van der Waals surface area contributed by atoms with Gasteiger partial charge < -0.3 is 20.1 Å². The summed E-state index contributed by atoms with van der Waals surface area (Å²) in [7, 11) is 3.15. The highest BCUT2D eigenvalue weighted by Gasteiger charge is 2.18. The Morgan fingerprint density at radius 1 is 0.969 bits per heavy atom. The van der Waals surface area contributed by atoms with E-state index in [2.05, 4.69) is 20.7 Å². The number of thiophene rings is 2. The number of nitrogens with one attached hydrogen (secondary N) is 2. The van der Waals surface area contributed by atoms with Crippen LogP contribution in [0, 0.1) is 0 Å². The molecule has 3 aromatic heterocycles. The quantitative estimate of drug-likeness (QED) is 0.353. The fourth-order valence-electron chi connectivity index (χ4n) is 3.07. The number of nitrogens with zero attached hydrogens (tertiary/aromatic N) is 3. The minimum atomic E-state index is -0.206. The van der Waals surface area contributed by atoms with E-state index >= 15 is 0 Å².